The lowest BCUT2D eigenvalue weighted by molar-refractivity contribution is -0.155. The SMILES string of the molecule is CCC(C)(C)C(=O)OCc1ccccc1.CCC(C)(Cl)C(=O)OC. The van der Waals surface area contributed by atoms with Crippen LogP contribution in [0, 0.1) is 5.41 Å². The summed E-state index contributed by atoms with van der Waals surface area (Å²) in [6.07, 6.45) is 1.38. The molecule has 0 saturated carbocycles. The second-order valence-electron chi connectivity index (χ2n) is 6.34. The number of hydrogen-bond donors (Lipinski definition) is 0. The van der Waals surface area contributed by atoms with Crippen LogP contribution in [0.15, 0.2) is 30.3 Å². The topological polar surface area (TPSA) is 52.6 Å². The van der Waals surface area contributed by atoms with Crippen molar-refractivity contribution in [2.45, 2.75) is 58.9 Å². The molecule has 0 spiro atoms. The van der Waals surface area contributed by atoms with Gasteiger partial charge in [0.05, 0.1) is 12.5 Å². The van der Waals surface area contributed by atoms with Gasteiger partial charge in [-0.3, -0.25) is 9.59 Å². The van der Waals surface area contributed by atoms with E-state index in [-0.39, 0.29) is 17.4 Å². The molecule has 0 aromatic heterocycles. The highest BCUT2D eigenvalue weighted by molar-refractivity contribution is 6.33. The Kier molecular flexibility index (Phi) is 9.67. The normalized spacial score (nSPS) is 13.1. The molecule has 0 heterocycles. The zero-order valence-corrected chi connectivity index (χ0v) is 16.3. The molecule has 1 aromatic carbocycles. The number of ether oxygens (including phenoxy) is 2. The third-order valence-corrected chi connectivity index (χ3v) is 4.35. The van der Waals surface area contributed by atoms with E-state index in [2.05, 4.69) is 4.74 Å². The quantitative estimate of drug-likeness (QED) is 0.546. The van der Waals surface area contributed by atoms with E-state index in [0.29, 0.717) is 13.0 Å². The molecule has 1 atom stereocenters. The Labute approximate surface area is 150 Å². The highest BCUT2D eigenvalue weighted by Gasteiger charge is 2.29. The Morgan fingerprint density at radius 2 is 1.54 bits per heavy atom. The highest BCUT2D eigenvalue weighted by atomic mass is 35.5. The zero-order valence-electron chi connectivity index (χ0n) is 15.5. The number of carbonyl (C=O) groups is 2. The molecule has 0 aliphatic carbocycles. The molecular formula is C19H29ClO4. The van der Waals surface area contributed by atoms with Gasteiger partial charge in [0, 0.05) is 0 Å². The van der Waals surface area contributed by atoms with E-state index in [0.717, 1.165) is 12.0 Å². The summed E-state index contributed by atoms with van der Waals surface area (Å²) < 4.78 is 9.68. The lowest BCUT2D eigenvalue weighted by atomic mass is 9.91. The Morgan fingerprint density at radius 1 is 1.00 bits per heavy atom. The van der Waals surface area contributed by atoms with Crippen molar-refractivity contribution in [3.8, 4) is 0 Å². The first-order chi connectivity index (χ1) is 11.1. The van der Waals surface area contributed by atoms with Gasteiger partial charge >= 0.3 is 11.9 Å². The summed E-state index contributed by atoms with van der Waals surface area (Å²) in [5.74, 6) is -0.500. The minimum Gasteiger partial charge on any atom is -0.468 e. The Bertz CT molecular complexity index is 509. The average molecular weight is 357 g/mol. The summed E-state index contributed by atoms with van der Waals surface area (Å²) in [6, 6.07) is 9.72. The smallest absolute Gasteiger partial charge is 0.326 e. The fourth-order valence-corrected chi connectivity index (χ4v) is 1.50. The van der Waals surface area contributed by atoms with Crippen molar-refractivity contribution in [1.82, 2.24) is 0 Å². The molecule has 1 unspecified atom stereocenters. The third kappa shape index (κ3) is 7.82. The Hall–Kier alpha value is -1.55. The van der Waals surface area contributed by atoms with Crippen LogP contribution >= 0.6 is 11.6 Å². The number of halogens is 1. The standard InChI is InChI=1S/C13H18O2.C6H11ClO2/c1-4-13(2,3)12(14)15-10-11-8-6-5-7-9-11;1-4-6(2,7)5(8)9-3/h5-9H,4,10H2,1-3H3;4H2,1-3H3. The van der Waals surface area contributed by atoms with E-state index in [1.54, 1.807) is 6.92 Å². The van der Waals surface area contributed by atoms with E-state index >= 15 is 0 Å². The third-order valence-electron chi connectivity index (χ3n) is 3.92. The van der Waals surface area contributed by atoms with Gasteiger partial charge in [0.15, 0.2) is 0 Å². The van der Waals surface area contributed by atoms with Gasteiger partial charge in [0.2, 0.25) is 0 Å². The molecule has 0 N–H and O–H groups in total. The first-order valence-electron chi connectivity index (χ1n) is 8.09. The molecule has 0 bridgehead atoms. The Balaban J connectivity index is 0.000000506. The molecule has 1 aromatic rings. The summed E-state index contributed by atoms with van der Waals surface area (Å²) in [5.41, 5.74) is 0.646. The van der Waals surface area contributed by atoms with Crippen molar-refractivity contribution in [3.63, 3.8) is 0 Å². The van der Waals surface area contributed by atoms with Gasteiger partial charge in [-0.25, -0.2) is 0 Å². The van der Waals surface area contributed by atoms with Crippen LogP contribution in [0.1, 0.15) is 53.0 Å². The van der Waals surface area contributed by atoms with Crippen LogP contribution in [0.2, 0.25) is 0 Å². The second kappa shape index (κ2) is 10.3. The van der Waals surface area contributed by atoms with E-state index < -0.39 is 4.87 Å². The molecular weight excluding hydrogens is 328 g/mol. The largest absolute Gasteiger partial charge is 0.468 e. The molecule has 0 amide bonds. The molecule has 0 radical (unpaired) electrons. The van der Waals surface area contributed by atoms with Gasteiger partial charge in [-0.2, -0.15) is 0 Å². The fourth-order valence-electron chi connectivity index (χ4n) is 1.42. The maximum absolute atomic E-state index is 11.6. The molecule has 5 heteroatoms. The zero-order chi connectivity index (χ0) is 18.8. The molecule has 24 heavy (non-hydrogen) atoms. The first kappa shape index (κ1) is 22.4. The van der Waals surface area contributed by atoms with Crippen molar-refractivity contribution in [1.29, 1.82) is 0 Å². The number of hydrogen-bond acceptors (Lipinski definition) is 4. The van der Waals surface area contributed by atoms with Crippen LogP contribution in [0.25, 0.3) is 0 Å². The predicted octanol–water partition coefficient (Wildman–Crippen LogP) is 4.73. The van der Waals surface area contributed by atoms with E-state index in [1.807, 2.05) is 58.0 Å². The predicted molar refractivity (Wildman–Crippen MR) is 96.9 cm³/mol. The van der Waals surface area contributed by atoms with Gasteiger partial charge in [0.1, 0.15) is 11.5 Å². The first-order valence-corrected chi connectivity index (χ1v) is 8.47. The van der Waals surface area contributed by atoms with Crippen molar-refractivity contribution in [2.75, 3.05) is 7.11 Å². The molecule has 136 valence electrons. The van der Waals surface area contributed by atoms with Gasteiger partial charge < -0.3 is 9.47 Å². The second-order valence-corrected chi connectivity index (χ2v) is 7.18. The fraction of sp³-hybridized carbons (Fsp3) is 0.579. The number of rotatable bonds is 6. The number of esters is 2. The van der Waals surface area contributed by atoms with E-state index in [9.17, 15) is 9.59 Å². The number of carbonyl (C=O) groups excluding carboxylic acids is 2. The lowest BCUT2D eigenvalue weighted by Crippen LogP contribution is -2.28. The van der Waals surface area contributed by atoms with Gasteiger partial charge in [-0.1, -0.05) is 44.2 Å². The summed E-state index contributed by atoms with van der Waals surface area (Å²) >= 11 is 5.70. The minimum absolute atomic E-state index is 0.131. The van der Waals surface area contributed by atoms with Crippen molar-refractivity contribution < 1.29 is 19.1 Å². The van der Waals surface area contributed by atoms with Crippen molar-refractivity contribution >= 4 is 23.5 Å². The molecule has 0 saturated heterocycles. The number of methoxy groups -OCH3 is 1. The van der Waals surface area contributed by atoms with E-state index in [1.165, 1.54) is 7.11 Å². The van der Waals surface area contributed by atoms with Crippen molar-refractivity contribution in [3.05, 3.63) is 35.9 Å². The number of alkyl halides is 1. The highest BCUT2D eigenvalue weighted by Crippen LogP contribution is 2.22. The minimum atomic E-state index is -0.839. The van der Waals surface area contributed by atoms with Crippen molar-refractivity contribution in [2.24, 2.45) is 5.41 Å². The summed E-state index contributed by atoms with van der Waals surface area (Å²) in [7, 11) is 1.33. The molecule has 0 aliphatic heterocycles. The summed E-state index contributed by atoms with van der Waals surface area (Å²) in [6.45, 7) is 9.64. The van der Waals surface area contributed by atoms with Crippen LogP contribution in [0.3, 0.4) is 0 Å². The molecule has 0 fully saturated rings. The number of benzene rings is 1. The lowest BCUT2D eigenvalue weighted by Gasteiger charge is -2.20. The van der Waals surface area contributed by atoms with Gasteiger partial charge in [0.25, 0.3) is 0 Å². The monoisotopic (exact) mass is 356 g/mol. The van der Waals surface area contributed by atoms with Crippen LogP contribution in [-0.2, 0) is 25.7 Å². The molecule has 1 rings (SSSR count). The molecule has 4 nitrogen and oxygen atoms in total. The summed E-state index contributed by atoms with van der Waals surface area (Å²) in [5, 5.41) is 0. The maximum Gasteiger partial charge on any atom is 0.326 e. The summed E-state index contributed by atoms with van der Waals surface area (Å²) in [4.78, 5) is 21.5. The van der Waals surface area contributed by atoms with Crippen LogP contribution < -0.4 is 0 Å². The Morgan fingerprint density at radius 3 is 1.92 bits per heavy atom. The van der Waals surface area contributed by atoms with E-state index in [4.69, 9.17) is 16.3 Å². The van der Waals surface area contributed by atoms with Crippen LogP contribution in [0.4, 0.5) is 0 Å². The van der Waals surface area contributed by atoms with Gasteiger partial charge in [-0.15, -0.1) is 11.6 Å². The molecule has 0 aliphatic rings. The van der Waals surface area contributed by atoms with Gasteiger partial charge in [-0.05, 0) is 39.2 Å². The average Bonchev–Trinajstić information content (AvgIpc) is 2.60. The van der Waals surface area contributed by atoms with Crippen LogP contribution in [0.5, 0.6) is 0 Å². The maximum atomic E-state index is 11.6. The van der Waals surface area contributed by atoms with Crippen LogP contribution in [-0.4, -0.2) is 23.9 Å².